The monoisotopic (exact) mass is 274 g/mol. The third-order valence-corrected chi connectivity index (χ3v) is 4.94. The fourth-order valence-electron chi connectivity index (χ4n) is 3.76. The maximum absolute atomic E-state index is 6.46. The lowest BCUT2D eigenvalue weighted by atomic mass is 9.80. The molecule has 1 aromatic carbocycles. The summed E-state index contributed by atoms with van der Waals surface area (Å²) in [5.41, 5.74) is 1.42. The van der Waals surface area contributed by atoms with Gasteiger partial charge in [-0.3, -0.25) is 4.90 Å². The van der Waals surface area contributed by atoms with Crippen LogP contribution in [0.4, 0.5) is 0 Å². The Labute approximate surface area is 122 Å². The summed E-state index contributed by atoms with van der Waals surface area (Å²) in [5.74, 6) is 1.11. The number of piperidine rings is 1. The highest BCUT2D eigenvalue weighted by Gasteiger charge is 2.42. The molecule has 0 radical (unpaired) electrons. The van der Waals surface area contributed by atoms with Gasteiger partial charge in [-0.15, -0.1) is 0 Å². The van der Waals surface area contributed by atoms with E-state index in [2.05, 4.69) is 48.3 Å². The molecule has 20 heavy (non-hydrogen) atoms. The van der Waals surface area contributed by atoms with Crippen LogP contribution < -0.4 is 10.1 Å². The lowest BCUT2D eigenvalue weighted by Gasteiger charge is -2.47. The molecule has 1 unspecified atom stereocenters. The van der Waals surface area contributed by atoms with E-state index in [0.29, 0.717) is 6.04 Å². The first-order valence-electron chi connectivity index (χ1n) is 8.01. The largest absolute Gasteiger partial charge is 0.487 e. The third kappa shape index (κ3) is 2.45. The summed E-state index contributed by atoms with van der Waals surface area (Å²) in [5, 5.41) is 3.46. The van der Waals surface area contributed by atoms with Crippen molar-refractivity contribution in [2.75, 3.05) is 26.2 Å². The normalized spacial score (nSPS) is 24.4. The zero-order valence-electron chi connectivity index (χ0n) is 12.7. The minimum atomic E-state index is 0.0485. The van der Waals surface area contributed by atoms with Crippen LogP contribution in [-0.4, -0.2) is 36.7 Å². The van der Waals surface area contributed by atoms with Gasteiger partial charge in [0.2, 0.25) is 0 Å². The van der Waals surface area contributed by atoms with Gasteiger partial charge in [0.15, 0.2) is 0 Å². The molecule has 0 aromatic heterocycles. The predicted molar refractivity (Wildman–Crippen MR) is 82.2 cm³/mol. The van der Waals surface area contributed by atoms with E-state index in [1.165, 1.54) is 5.56 Å². The third-order valence-electron chi connectivity index (χ3n) is 4.94. The van der Waals surface area contributed by atoms with Crippen LogP contribution in [0, 0.1) is 0 Å². The molecular formula is C17H26N2O. The molecule has 2 aliphatic rings. The van der Waals surface area contributed by atoms with Crippen LogP contribution in [0.15, 0.2) is 24.3 Å². The Morgan fingerprint density at radius 3 is 2.60 bits per heavy atom. The molecule has 0 saturated carbocycles. The van der Waals surface area contributed by atoms with Gasteiger partial charge in [0, 0.05) is 18.0 Å². The molecule has 1 saturated heterocycles. The predicted octanol–water partition coefficient (Wildman–Crippen LogP) is 2.97. The van der Waals surface area contributed by atoms with Crippen molar-refractivity contribution in [1.82, 2.24) is 10.2 Å². The van der Waals surface area contributed by atoms with Crippen LogP contribution in [0.2, 0.25) is 0 Å². The average molecular weight is 274 g/mol. The number of hydrogen-bond acceptors (Lipinski definition) is 3. The molecule has 3 rings (SSSR count). The van der Waals surface area contributed by atoms with Gasteiger partial charge in [0.1, 0.15) is 11.4 Å². The van der Waals surface area contributed by atoms with Crippen LogP contribution in [0.1, 0.15) is 44.7 Å². The van der Waals surface area contributed by atoms with Gasteiger partial charge in [0.25, 0.3) is 0 Å². The van der Waals surface area contributed by atoms with Crippen molar-refractivity contribution >= 4 is 0 Å². The molecular weight excluding hydrogens is 248 g/mol. The van der Waals surface area contributed by atoms with Gasteiger partial charge in [-0.1, -0.05) is 32.0 Å². The molecule has 2 heterocycles. The summed E-state index contributed by atoms with van der Waals surface area (Å²) in [6.07, 6.45) is 3.38. The number of fused-ring (bicyclic) bond motifs is 1. The van der Waals surface area contributed by atoms with E-state index in [4.69, 9.17) is 4.74 Å². The summed E-state index contributed by atoms with van der Waals surface area (Å²) in [7, 11) is 0. The van der Waals surface area contributed by atoms with E-state index in [1.807, 2.05) is 0 Å². The van der Waals surface area contributed by atoms with Crippen molar-refractivity contribution in [3.05, 3.63) is 29.8 Å². The fraction of sp³-hybridized carbons (Fsp3) is 0.647. The number of ether oxygens (including phenoxy) is 1. The Hall–Kier alpha value is -1.06. The summed E-state index contributed by atoms with van der Waals surface area (Å²) in [4.78, 5) is 2.57. The van der Waals surface area contributed by atoms with Gasteiger partial charge in [0.05, 0.1) is 0 Å². The molecule has 3 heteroatoms. The molecule has 0 bridgehead atoms. The number of benzene rings is 1. The van der Waals surface area contributed by atoms with Gasteiger partial charge >= 0.3 is 0 Å². The molecule has 3 nitrogen and oxygen atoms in total. The lowest BCUT2D eigenvalue weighted by Crippen LogP contribution is -2.51. The molecule has 0 aliphatic carbocycles. The minimum absolute atomic E-state index is 0.0485. The van der Waals surface area contributed by atoms with E-state index >= 15 is 0 Å². The average Bonchev–Trinajstić information content (AvgIpc) is 2.49. The summed E-state index contributed by atoms with van der Waals surface area (Å²) < 4.78 is 6.46. The second-order valence-corrected chi connectivity index (χ2v) is 6.01. The molecule has 1 fully saturated rings. The molecule has 2 aliphatic heterocycles. The van der Waals surface area contributed by atoms with Crippen molar-refractivity contribution in [3.63, 3.8) is 0 Å². The first-order chi connectivity index (χ1) is 9.78. The molecule has 110 valence electrons. The number of hydrogen-bond donors (Lipinski definition) is 1. The van der Waals surface area contributed by atoms with Crippen molar-refractivity contribution < 1.29 is 4.74 Å². The van der Waals surface area contributed by atoms with Crippen molar-refractivity contribution in [2.24, 2.45) is 0 Å². The maximum atomic E-state index is 6.46. The molecule has 1 N–H and O–H groups in total. The first kappa shape index (κ1) is 13.9. The van der Waals surface area contributed by atoms with E-state index in [1.54, 1.807) is 0 Å². The maximum Gasteiger partial charge on any atom is 0.124 e. The SMILES string of the molecule is CCN(CC)C1CC2(CCNCC2)Oc2ccccc21. The fourth-order valence-corrected chi connectivity index (χ4v) is 3.76. The Morgan fingerprint density at radius 1 is 1.20 bits per heavy atom. The quantitative estimate of drug-likeness (QED) is 0.917. The first-order valence-corrected chi connectivity index (χ1v) is 8.01. The number of nitrogens with one attached hydrogen (secondary N) is 1. The van der Waals surface area contributed by atoms with Crippen molar-refractivity contribution in [2.45, 2.75) is 44.8 Å². The highest BCUT2D eigenvalue weighted by Crippen LogP contribution is 2.45. The van der Waals surface area contributed by atoms with Gasteiger partial charge in [-0.05, 0) is 45.1 Å². The second kappa shape index (κ2) is 5.74. The highest BCUT2D eigenvalue weighted by atomic mass is 16.5. The zero-order chi connectivity index (χ0) is 14.0. The smallest absolute Gasteiger partial charge is 0.124 e. The molecule has 1 spiro atoms. The number of nitrogens with zero attached hydrogens (tertiary/aromatic N) is 1. The highest BCUT2D eigenvalue weighted by molar-refractivity contribution is 5.39. The Morgan fingerprint density at radius 2 is 1.90 bits per heavy atom. The van der Waals surface area contributed by atoms with Crippen LogP contribution >= 0.6 is 0 Å². The van der Waals surface area contributed by atoms with E-state index in [0.717, 1.165) is 51.2 Å². The van der Waals surface area contributed by atoms with Crippen LogP contribution in [0.3, 0.4) is 0 Å². The van der Waals surface area contributed by atoms with Gasteiger partial charge < -0.3 is 10.1 Å². The molecule has 1 atom stereocenters. The molecule has 0 amide bonds. The summed E-state index contributed by atoms with van der Waals surface area (Å²) in [6.45, 7) is 8.88. The summed E-state index contributed by atoms with van der Waals surface area (Å²) in [6, 6.07) is 9.13. The second-order valence-electron chi connectivity index (χ2n) is 6.01. The molecule has 1 aromatic rings. The van der Waals surface area contributed by atoms with Crippen LogP contribution in [0.5, 0.6) is 5.75 Å². The van der Waals surface area contributed by atoms with E-state index < -0.39 is 0 Å². The minimum Gasteiger partial charge on any atom is -0.487 e. The number of rotatable bonds is 3. The van der Waals surface area contributed by atoms with E-state index in [-0.39, 0.29) is 5.60 Å². The van der Waals surface area contributed by atoms with Crippen molar-refractivity contribution in [3.8, 4) is 5.75 Å². The van der Waals surface area contributed by atoms with Gasteiger partial charge in [-0.2, -0.15) is 0 Å². The lowest BCUT2D eigenvalue weighted by molar-refractivity contribution is -0.0182. The number of para-hydroxylation sites is 1. The van der Waals surface area contributed by atoms with Crippen LogP contribution in [-0.2, 0) is 0 Å². The Bertz CT molecular complexity index is 450. The van der Waals surface area contributed by atoms with Crippen LogP contribution in [0.25, 0.3) is 0 Å². The van der Waals surface area contributed by atoms with E-state index in [9.17, 15) is 0 Å². The topological polar surface area (TPSA) is 24.5 Å². The Kier molecular flexibility index (Phi) is 3.99. The zero-order valence-corrected chi connectivity index (χ0v) is 12.7. The van der Waals surface area contributed by atoms with Crippen molar-refractivity contribution in [1.29, 1.82) is 0 Å². The standard InChI is InChI=1S/C17H26N2O/c1-3-19(4-2)15-13-17(9-11-18-12-10-17)20-16-8-6-5-7-14(15)16/h5-8,15,18H,3-4,9-13H2,1-2H3. The Balaban J connectivity index is 1.95. The summed E-state index contributed by atoms with van der Waals surface area (Å²) >= 11 is 0. The van der Waals surface area contributed by atoms with Gasteiger partial charge in [-0.25, -0.2) is 0 Å².